The summed E-state index contributed by atoms with van der Waals surface area (Å²) in [6, 6.07) is 16.5. The van der Waals surface area contributed by atoms with Crippen molar-refractivity contribution < 1.29 is 24.0 Å². The van der Waals surface area contributed by atoms with Gasteiger partial charge in [0.1, 0.15) is 19.6 Å². The topological polar surface area (TPSA) is 60.3 Å². The van der Waals surface area contributed by atoms with E-state index in [0.717, 1.165) is 38.4 Å². The summed E-state index contributed by atoms with van der Waals surface area (Å²) in [5.74, 6) is -0.776. The van der Waals surface area contributed by atoms with Gasteiger partial charge in [-0.3, -0.25) is 4.79 Å². The highest BCUT2D eigenvalue weighted by Crippen LogP contribution is 2.21. The van der Waals surface area contributed by atoms with Crippen molar-refractivity contribution in [3.63, 3.8) is 0 Å². The second-order valence-electron chi connectivity index (χ2n) is 7.16. The molecule has 1 aliphatic rings. The Kier molecular flexibility index (Phi) is 6.79. The van der Waals surface area contributed by atoms with Gasteiger partial charge in [-0.05, 0) is 12.1 Å². The molecule has 0 saturated carbocycles. The Bertz CT molecular complexity index is 784. The molecule has 0 spiro atoms. The van der Waals surface area contributed by atoms with Crippen molar-refractivity contribution in [2.45, 2.75) is 12.6 Å². The minimum atomic E-state index is -0.957. The third-order valence-corrected chi connectivity index (χ3v) is 4.84. The summed E-state index contributed by atoms with van der Waals surface area (Å²) in [5.41, 5.74) is 2.26. The standard InChI is InChI=1S/C22H26N2O4/c1-23(2)21(25)20(18-6-4-3-5-7-18)28-22(26)19-10-8-17(9-11-19)16-24-12-14-27-15-13-24/h3-11,20H,12-16H2,1-2H3/p+1/t20-/m1/s1. The number of morpholine rings is 1. The van der Waals surface area contributed by atoms with Crippen LogP contribution in [0.2, 0.25) is 0 Å². The van der Waals surface area contributed by atoms with Crippen molar-refractivity contribution >= 4 is 11.9 Å². The Morgan fingerprint density at radius 2 is 1.68 bits per heavy atom. The van der Waals surface area contributed by atoms with Gasteiger partial charge in [0.25, 0.3) is 5.91 Å². The van der Waals surface area contributed by atoms with E-state index in [9.17, 15) is 9.59 Å². The first-order valence-corrected chi connectivity index (χ1v) is 9.52. The molecule has 0 aromatic heterocycles. The third kappa shape index (κ3) is 5.18. The summed E-state index contributed by atoms with van der Waals surface area (Å²) >= 11 is 0. The molecular formula is C22H27N2O4+. The normalized spacial score (nSPS) is 15.6. The first kappa shape index (κ1) is 20.0. The van der Waals surface area contributed by atoms with Crippen LogP contribution in [0.5, 0.6) is 0 Å². The van der Waals surface area contributed by atoms with Crippen LogP contribution in [-0.2, 0) is 20.8 Å². The zero-order valence-electron chi connectivity index (χ0n) is 16.4. The van der Waals surface area contributed by atoms with Crippen LogP contribution in [0.1, 0.15) is 27.6 Å². The maximum atomic E-state index is 12.6. The van der Waals surface area contributed by atoms with E-state index in [1.165, 1.54) is 9.80 Å². The highest BCUT2D eigenvalue weighted by atomic mass is 16.5. The van der Waals surface area contributed by atoms with Gasteiger partial charge in [0.15, 0.2) is 0 Å². The number of quaternary nitrogens is 1. The molecule has 2 aromatic rings. The number of benzene rings is 2. The molecule has 1 saturated heterocycles. The van der Waals surface area contributed by atoms with Crippen molar-refractivity contribution in [3.8, 4) is 0 Å². The molecule has 0 bridgehead atoms. The fraction of sp³-hybridized carbons (Fsp3) is 0.364. The molecule has 148 valence electrons. The molecule has 0 unspecified atom stereocenters. The van der Waals surface area contributed by atoms with Crippen molar-refractivity contribution in [1.29, 1.82) is 0 Å². The highest BCUT2D eigenvalue weighted by molar-refractivity contribution is 5.92. The maximum absolute atomic E-state index is 12.6. The van der Waals surface area contributed by atoms with Crippen molar-refractivity contribution in [2.75, 3.05) is 40.4 Å². The first-order chi connectivity index (χ1) is 13.5. The number of esters is 1. The lowest BCUT2D eigenvalue weighted by atomic mass is 10.1. The van der Waals surface area contributed by atoms with Crippen LogP contribution >= 0.6 is 0 Å². The van der Waals surface area contributed by atoms with E-state index in [0.29, 0.717) is 11.1 Å². The molecule has 0 aliphatic carbocycles. The largest absolute Gasteiger partial charge is 0.444 e. The smallest absolute Gasteiger partial charge is 0.339 e. The zero-order valence-corrected chi connectivity index (χ0v) is 16.4. The molecule has 1 amide bonds. The number of nitrogens with zero attached hydrogens (tertiary/aromatic N) is 1. The lowest BCUT2D eigenvalue weighted by molar-refractivity contribution is -0.921. The number of rotatable bonds is 6. The lowest BCUT2D eigenvalue weighted by Crippen LogP contribution is -3.12. The minimum absolute atomic E-state index is 0.271. The summed E-state index contributed by atoms with van der Waals surface area (Å²) in [6.07, 6.45) is -0.957. The Morgan fingerprint density at radius 1 is 1.04 bits per heavy atom. The van der Waals surface area contributed by atoms with Crippen LogP contribution < -0.4 is 4.90 Å². The van der Waals surface area contributed by atoms with Gasteiger partial charge in [0.05, 0.1) is 18.8 Å². The number of ether oxygens (including phenoxy) is 2. The number of hydrogen-bond acceptors (Lipinski definition) is 4. The van der Waals surface area contributed by atoms with Crippen LogP contribution in [0.4, 0.5) is 0 Å². The van der Waals surface area contributed by atoms with Crippen molar-refractivity contribution in [2.24, 2.45) is 0 Å². The molecule has 28 heavy (non-hydrogen) atoms. The summed E-state index contributed by atoms with van der Waals surface area (Å²) in [7, 11) is 3.30. The molecule has 1 aliphatic heterocycles. The molecule has 2 aromatic carbocycles. The number of carbonyl (C=O) groups excluding carboxylic acids is 2. The molecule has 0 radical (unpaired) electrons. The number of amides is 1. The van der Waals surface area contributed by atoms with Crippen molar-refractivity contribution in [1.82, 2.24) is 4.90 Å². The van der Waals surface area contributed by atoms with E-state index in [-0.39, 0.29) is 5.91 Å². The van der Waals surface area contributed by atoms with Crippen LogP contribution in [-0.4, -0.2) is 57.2 Å². The number of nitrogens with one attached hydrogen (secondary N) is 1. The predicted octanol–water partition coefficient (Wildman–Crippen LogP) is 1.09. The third-order valence-electron chi connectivity index (χ3n) is 4.84. The molecule has 1 fully saturated rings. The van der Waals surface area contributed by atoms with E-state index < -0.39 is 12.1 Å². The number of carbonyl (C=O) groups is 2. The number of hydrogen-bond donors (Lipinski definition) is 1. The molecule has 1 atom stereocenters. The van der Waals surface area contributed by atoms with Gasteiger partial charge in [-0.15, -0.1) is 0 Å². The van der Waals surface area contributed by atoms with E-state index in [1.54, 1.807) is 38.4 Å². The molecule has 6 heteroatoms. The summed E-state index contributed by atoms with van der Waals surface area (Å²) in [4.78, 5) is 28.1. The van der Waals surface area contributed by atoms with Crippen LogP contribution in [0, 0.1) is 0 Å². The first-order valence-electron chi connectivity index (χ1n) is 9.52. The van der Waals surface area contributed by atoms with Gasteiger partial charge in [0.2, 0.25) is 6.10 Å². The van der Waals surface area contributed by atoms with Gasteiger partial charge < -0.3 is 19.3 Å². The van der Waals surface area contributed by atoms with Gasteiger partial charge in [-0.25, -0.2) is 4.79 Å². The predicted molar refractivity (Wildman–Crippen MR) is 105 cm³/mol. The zero-order chi connectivity index (χ0) is 19.9. The van der Waals surface area contributed by atoms with E-state index in [1.807, 2.05) is 30.3 Å². The Morgan fingerprint density at radius 3 is 2.29 bits per heavy atom. The second kappa shape index (κ2) is 9.48. The fourth-order valence-electron chi connectivity index (χ4n) is 3.18. The van der Waals surface area contributed by atoms with E-state index in [4.69, 9.17) is 9.47 Å². The van der Waals surface area contributed by atoms with Gasteiger partial charge in [-0.1, -0.05) is 42.5 Å². The maximum Gasteiger partial charge on any atom is 0.339 e. The lowest BCUT2D eigenvalue weighted by Gasteiger charge is -2.23. The summed E-state index contributed by atoms with van der Waals surface area (Å²) in [6.45, 7) is 4.48. The Hall–Kier alpha value is -2.70. The Balaban J connectivity index is 1.68. The monoisotopic (exact) mass is 383 g/mol. The average molecular weight is 383 g/mol. The SMILES string of the molecule is CN(C)C(=O)[C@H](OC(=O)c1ccc(C[NH+]2CCOCC2)cc1)c1ccccc1. The second-order valence-corrected chi connectivity index (χ2v) is 7.16. The van der Waals surface area contributed by atoms with Crippen molar-refractivity contribution in [3.05, 3.63) is 71.3 Å². The van der Waals surface area contributed by atoms with Gasteiger partial charge in [0, 0.05) is 25.2 Å². The van der Waals surface area contributed by atoms with Crippen LogP contribution in [0.15, 0.2) is 54.6 Å². The molecule has 1 N–H and O–H groups in total. The molecular weight excluding hydrogens is 356 g/mol. The Labute approximate surface area is 165 Å². The fourth-order valence-corrected chi connectivity index (χ4v) is 3.18. The molecule has 3 rings (SSSR count). The quantitative estimate of drug-likeness (QED) is 0.759. The van der Waals surface area contributed by atoms with Gasteiger partial charge in [-0.2, -0.15) is 0 Å². The number of likely N-dealkylation sites (N-methyl/N-ethyl adjacent to an activating group) is 1. The van der Waals surface area contributed by atoms with E-state index >= 15 is 0 Å². The van der Waals surface area contributed by atoms with Gasteiger partial charge >= 0.3 is 5.97 Å². The molecule has 1 heterocycles. The van der Waals surface area contributed by atoms with Crippen LogP contribution in [0.3, 0.4) is 0 Å². The summed E-state index contributed by atoms with van der Waals surface area (Å²) < 4.78 is 11.0. The average Bonchev–Trinajstić information content (AvgIpc) is 2.73. The van der Waals surface area contributed by atoms with E-state index in [2.05, 4.69) is 0 Å². The minimum Gasteiger partial charge on any atom is -0.444 e. The highest BCUT2D eigenvalue weighted by Gasteiger charge is 2.27. The van der Waals surface area contributed by atoms with Crippen LogP contribution in [0.25, 0.3) is 0 Å². The summed E-state index contributed by atoms with van der Waals surface area (Å²) in [5, 5.41) is 0. The molecule has 6 nitrogen and oxygen atoms in total.